The largest absolute Gasteiger partial charge is 0.454 e. The van der Waals surface area contributed by atoms with Gasteiger partial charge in [0.05, 0.1) is 0 Å². The molecule has 1 aliphatic rings. The molecule has 0 unspecified atom stereocenters. The summed E-state index contributed by atoms with van der Waals surface area (Å²) in [7, 11) is 0. The number of carbonyl (C=O) groups excluding carboxylic acids is 1. The van der Waals surface area contributed by atoms with E-state index in [0.717, 1.165) is 30.7 Å². The van der Waals surface area contributed by atoms with E-state index in [1.807, 2.05) is 18.2 Å². The smallest absolute Gasteiger partial charge is 0.271 e. The number of rotatable bonds is 7. The molecule has 2 aromatic rings. The lowest BCUT2D eigenvalue weighted by atomic mass is 10.2. The first-order valence-corrected chi connectivity index (χ1v) is 8.05. The van der Waals surface area contributed by atoms with Crippen LogP contribution in [-0.4, -0.2) is 29.4 Å². The standard InChI is InChI=1S/C17H20N4O3/c1-2-3-4-9-18-17(22)13-6-8-16(21-20-13)19-12-5-7-14-15(10-12)24-11-23-14/h5-8,10H,2-4,9,11H2,1H3,(H,18,22)(H,19,21). The fourth-order valence-corrected chi connectivity index (χ4v) is 2.31. The maximum atomic E-state index is 11.9. The van der Waals surface area contributed by atoms with E-state index in [1.165, 1.54) is 0 Å². The molecule has 24 heavy (non-hydrogen) atoms. The number of hydrogen-bond donors (Lipinski definition) is 2. The van der Waals surface area contributed by atoms with Crippen molar-refractivity contribution in [2.45, 2.75) is 26.2 Å². The van der Waals surface area contributed by atoms with Gasteiger partial charge in [0.1, 0.15) is 0 Å². The Bertz CT molecular complexity index is 703. The Balaban J connectivity index is 1.57. The molecule has 7 nitrogen and oxygen atoms in total. The van der Waals surface area contributed by atoms with Crippen LogP contribution in [0.3, 0.4) is 0 Å². The number of amides is 1. The monoisotopic (exact) mass is 328 g/mol. The van der Waals surface area contributed by atoms with Gasteiger partial charge in [-0.05, 0) is 30.7 Å². The molecule has 0 atom stereocenters. The molecule has 0 saturated heterocycles. The summed E-state index contributed by atoms with van der Waals surface area (Å²) < 4.78 is 10.6. The molecule has 1 aromatic heterocycles. The third-order valence-corrected chi connectivity index (χ3v) is 3.61. The van der Waals surface area contributed by atoms with Gasteiger partial charge in [-0.1, -0.05) is 19.8 Å². The summed E-state index contributed by atoms with van der Waals surface area (Å²) in [6.07, 6.45) is 3.19. The average molecular weight is 328 g/mol. The highest BCUT2D eigenvalue weighted by Gasteiger charge is 2.13. The van der Waals surface area contributed by atoms with Gasteiger partial charge < -0.3 is 20.1 Å². The number of carbonyl (C=O) groups is 1. The van der Waals surface area contributed by atoms with Crippen molar-refractivity contribution in [3.05, 3.63) is 36.0 Å². The summed E-state index contributed by atoms with van der Waals surface area (Å²) >= 11 is 0. The van der Waals surface area contributed by atoms with E-state index < -0.39 is 0 Å². The van der Waals surface area contributed by atoms with Crippen molar-refractivity contribution in [1.29, 1.82) is 0 Å². The van der Waals surface area contributed by atoms with E-state index in [1.54, 1.807) is 12.1 Å². The van der Waals surface area contributed by atoms with Gasteiger partial charge in [0.2, 0.25) is 6.79 Å². The summed E-state index contributed by atoms with van der Waals surface area (Å²) in [6, 6.07) is 8.90. The minimum atomic E-state index is -0.201. The molecule has 2 N–H and O–H groups in total. The molecule has 1 aromatic carbocycles. The van der Waals surface area contributed by atoms with Crippen LogP contribution >= 0.6 is 0 Å². The second-order valence-electron chi connectivity index (χ2n) is 5.46. The fourth-order valence-electron chi connectivity index (χ4n) is 2.31. The van der Waals surface area contributed by atoms with Crippen LogP contribution in [0.1, 0.15) is 36.7 Å². The van der Waals surface area contributed by atoms with E-state index in [2.05, 4.69) is 27.8 Å². The SMILES string of the molecule is CCCCCNC(=O)c1ccc(Nc2ccc3c(c2)OCO3)nn1. The summed E-state index contributed by atoms with van der Waals surface area (Å²) in [5.74, 6) is 1.77. The zero-order chi connectivity index (χ0) is 16.8. The van der Waals surface area contributed by atoms with Gasteiger partial charge in [0.25, 0.3) is 5.91 Å². The van der Waals surface area contributed by atoms with E-state index in [-0.39, 0.29) is 12.7 Å². The summed E-state index contributed by atoms with van der Waals surface area (Å²) in [6.45, 7) is 3.02. The van der Waals surface area contributed by atoms with Gasteiger partial charge in [-0.25, -0.2) is 0 Å². The lowest BCUT2D eigenvalue weighted by Crippen LogP contribution is -2.25. The molecule has 0 radical (unpaired) electrons. The summed E-state index contributed by atoms with van der Waals surface area (Å²) in [5.41, 5.74) is 1.12. The quantitative estimate of drug-likeness (QED) is 0.760. The van der Waals surface area contributed by atoms with Crippen molar-refractivity contribution >= 4 is 17.4 Å². The number of anilines is 2. The zero-order valence-corrected chi connectivity index (χ0v) is 13.5. The molecule has 2 heterocycles. The van der Waals surface area contributed by atoms with Crippen LogP contribution in [0.15, 0.2) is 30.3 Å². The number of nitrogens with zero attached hydrogens (tertiary/aromatic N) is 2. The molecular weight excluding hydrogens is 308 g/mol. The maximum absolute atomic E-state index is 11.9. The first-order chi connectivity index (χ1) is 11.8. The normalized spacial score (nSPS) is 12.0. The highest BCUT2D eigenvalue weighted by Crippen LogP contribution is 2.34. The average Bonchev–Trinajstić information content (AvgIpc) is 3.07. The predicted octanol–water partition coefficient (Wildman–Crippen LogP) is 2.87. The van der Waals surface area contributed by atoms with Crippen molar-refractivity contribution in [3.63, 3.8) is 0 Å². The van der Waals surface area contributed by atoms with Gasteiger partial charge >= 0.3 is 0 Å². The number of fused-ring (bicyclic) bond motifs is 1. The van der Waals surface area contributed by atoms with Crippen LogP contribution in [0.25, 0.3) is 0 Å². The van der Waals surface area contributed by atoms with Crippen molar-refractivity contribution in [3.8, 4) is 11.5 Å². The topological polar surface area (TPSA) is 85.4 Å². The van der Waals surface area contributed by atoms with Crippen LogP contribution in [0.2, 0.25) is 0 Å². The molecule has 3 rings (SSSR count). The maximum Gasteiger partial charge on any atom is 0.271 e. The number of hydrogen-bond acceptors (Lipinski definition) is 6. The molecule has 0 spiro atoms. The Morgan fingerprint density at radius 2 is 2.00 bits per heavy atom. The summed E-state index contributed by atoms with van der Waals surface area (Å²) in [5, 5.41) is 14.0. The number of aromatic nitrogens is 2. The van der Waals surface area contributed by atoms with Gasteiger partial charge in [-0.15, -0.1) is 10.2 Å². The van der Waals surface area contributed by atoms with Crippen LogP contribution in [0, 0.1) is 0 Å². The number of nitrogens with one attached hydrogen (secondary N) is 2. The minimum absolute atomic E-state index is 0.201. The van der Waals surface area contributed by atoms with Crippen molar-refractivity contribution in [2.75, 3.05) is 18.7 Å². The highest BCUT2D eigenvalue weighted by molar-refractivity contribution is 5.92. The lowest BCUT2D eigenvalue weighted by molar-refractivity contribution is 0.0947. The van der Waals surface area contributed by atoms with E-state index >= 15 is 0 Å². The number of unbranched alkanes of at least 4 members (excludes halogenated alkanes) is 2. The third-order valence-electron chi connectivity index (χ3n) is 3.61. The van der Waals surface area contributed by atoms with Crippen LogP contribution in [0.4, 0.5) is 11.5 Å². The van der Waals surface area contributed by atoms with Gasteiger partial charge in [0, 0.05) is 18.3 Å². The van der Waals surface area contributed by atoms with E-state index in [0.29, 0.717) is 23.8 Å². The molecule has 0 fully saturated rings. The van der Waals surface area contributed by atoms with Gasteiger partial charge in [-0.2, -0.15) is 0 Å². The fraction of sp³-hybridized carbons (Fsp3) is 0.353. The van der Waals surface area contributed by atoms with Crippen molar-refractivity contribution in [1.82, 2.24) is 15.5 Å². The summed E-state index contributed by atoms with van der Waals surface area (Å²) in [4.78, 5) is 11.9. The third kappa shape index (κ3) is 3.92. The van der Waals surface area contributed by atoms with Crippen LogP contribution in [-0.2, 0) is 0 Å². The first-order valence-electron chi connectivity index (χ1n) is 8.05. The highest BCUT2D eigenvalue weighted by atomic mass is 16.7. The Hall–Kier alpha value is -2.83. The zero-order valence-electron chi connectivity index (χ0n) is 13.5. The molecule has 1 amide bonds. The lowest BCUT2D eigenvalue weighted by Gasteiger charge is -2.07. The van der Waals surface area contributed by atoms with E-state index in [4.69, 9.17) is 9.47 Å². The Morgan fingerprint density at radius 1 is 1.12 bits per heavy atom. The number of ether oxygens (including phenoxy) is 2. The predicted molar refractivity (Wildman–Crippen MR) is 89.7 cm³/mol. The Kier molecular flexibility index (Phi) is 5.10. The molecular formula is C17H20N4O3. The van der Waals surface area contributed by atoms with Gasteiger partial charge in [0.15, 0.2) is 23.0 Å². The molecule has 0 aliphatic carbocycles. The second-order valence-corrected chi connectivity index (χ2v) is 5.46. The Morgan fingerprint density at radius 3 is 2.79 bits per heavy atom. The molecule has 126 valence electrons. The second kappa shape index (κ2) is 7.63. The van der Waals surface area contributed by atoms with E-state index in [9.17, 15) is 4.79 Å². The minimum Gasteiger partial charge on any atom is -0.454 e. The van der Waals surface area contributed by atoms with Gasteiger partial charge in [-0.3, -0.25) is 4.79 Å². The number of benzene rings is 1. The first kappa shape index (κ1) is 16.0. The Labute approximate surface area is 140 Å². The van der Waals surface area contributed by atoms with Crippen molar-refractivity contribution in [2.24, 2.45) is 0 Å². The molecule has 7 heteroatoms. The van der Waals surface area contributed by atoms with Crippen LogP contribution < -0.4 is 20.1 Å². The molecule has 0 saturated carbocycles. The molecule has 0 bridgehead atoms. The molecule has 1 aliphatic heterocycles. The van der Waals surface area contributed by atoms with Crippen LogP contribution in [0.5, 0.6) is 11.5 Å². The van der Waals surface area contributed by atoms with Crippen molar-refractivity contribution < 1.29 is 14.3 Å².